The minimum absolute atomic E-state index is 0.252. The van der Waals surface area contributed by atoms with E-state index in [0.29, 0.717) is 54.1 Å². The highest BCUT2D eigenvalue weighted by molar-refractivity contribution is 6.04. The Hall–Kier alpha value is -4.27. The van der Waals surface area contributed by atoms with Gasteiger partial charge >= 0.3 is 5.97 Å². The molecule has 4 N–H and O–H groups in total. The van der Waals surface area contributed by atoms with Crippen molar-refractivity contribution in [2.45, 2.75) is 51.9 Å². The number of carbonyl (C=O) groups is 2. The van der Waals surface area contributed by atoms with E-state index < -0.39 is 11.4 Å². The van der Waals surface area contributed by atoms with Gasteiger partial charge in [0.25, 0.3) is 5.91 Å². The van der Waals surface area contributed by atoms with Crippen LogP contribution in [0.1, 0.15) is 61.3 Å². The van der Waals surface area contributed by atoms with Crippen molar-refractivity contribution in [3.8, 4) is 11.3 Å². The zero-order valence-electron chi connectivity index (χ0n) is 21.2. The number of rotatable bonds is 5. The Labute approximate surface area is 214 Å². The van der Waals surface area contributed by atoms with Crippen LogP contribution in [0.3, 0.4) is 0 Å². The van der Waals surface area contributed by atoms with Crippen molar-refractivity contribution in [3.63, 3.8) is 0 Å². The van der Waals surface area contributed by atoms with E-state index in [0.717, 1.165) is 17.0 Å². The maximum absolute atomic E-state index is 12.8. The molecule has 0 spiro atoms. The second-order valence-electron chi connectivity index (χ2n) is 10.5. The van der Waals surface area contributed by atoms with E-state index >= 15 is 0 Å². The van der Waals surface area contributed by atoms with E-state index in [-0.39, 0.29) is 11.3 Å². The number of benzene rings is 1. The molecule has 0 aliphatic heterocycles. The molecule has 1 aliphatic carbocycles. The number of aromatic nitrogens is 4. The molecule has 9 nitrogen and oxygen atoms in total. The predicted molar refractivity (Wildman–Crippen MR) is 141 cm³/mol. The van der Waals surface area contributed by atoms with Crippen molar-refractivity contribution in [1.82, 2.24) is 19.4 Å². The fourth-order valence-electron chi connectivity index (χ4n) is 5.05. The van der Waals surface area contributed by atoms with Crippen LogP contribution in [0.5, 0.6) is 0 Å². The van der Waals surface area contributed by atoms with Crippen LogP contribution in [0.2, 0.25) is 0 Å². The van der Waals surface area contributed by atoms with Gasteiger partial charge < -0.3 is 16.2 Å². The number of pyridine rings is 1. The van der Waals surface area contributed by atoms with Crippen LogP contribution < -0.4 is 11.1 Å². The number of hydrogen-bond acceptors (Lipinski definition) is 6. The van der Waals surface area contributed by atoms with Crippen molar-refractivity contribution in [3.05, 3.63) is 71.9 Å². The molecule has 0 atom stereocenters. The molecule has 1 fully saturated rings. The van der Waals surface area contributed by atoms with Gasteiger partial charge in [0.05, 0.1) is 5.41 Å². The minimum atomic E-state index is -0.751. The summed E-state index contributed by atoms with van der Waals surface area (Å²) >= 11 is 0. The molecule has 37 heavy (non-hydrogen) atoms. The predicted octanol–water partition coefficient (Wildman–Crippen LogP) is 4.86. The van der Waals surface area contributed by atoms with E-state index in [4.69, 9.17) is 10.7 Å². The summed E-state index contributed by atoms with van der Waals surface area (Å²) in [7, 11) is 0. The number of nitrogens with two attached hydrogens (primary N) is 1. The monoisotopic (exact) mass is 498 g/mol. The van der Waals surface area contributed by atoms with Crippen molar-refractivity contribution in [2.75, 3.05) is 11.1 Å². The summed E-state index contributed by atoms with van der Waals surface area (Å²) in [5.74, 6) is 0.693. The van der Waals surface area contributed by atoms with Gasteiger partial charge in [0.2, 0.25) is 0 Å². The second kappa shape index (κ2) is 8.99. The van der Waals surface area contributed by atoms with Gasteiger partial charge in [-0.25, -0.2) is 15.0 Å². The van der Waals surface area contributed by atoms with Gasteiger partial charge in [0.15, 0.2) is 0 Å². The average molecular weight is 499 g/mol. The Bertz CT molecular complexity index is 1500. The molecule has 0 radical (unpaired) electrons. The van der Waals surface area contributed by atoms with Crippen molar-refractivity contribution in [2.24, 2.45) is 5.41 Å². The first-order valence-electron chi connectivity index (χ1n) is 12.3. The van der Waals surface area contributed by atoms with E-state index in [1.165, 1.54) is 0 Å². The number of aliphatic carboxylic acids is 1. The van der Waals surface area contributed by atoms with Crippen LogP contribution in [-0.4, -0.2) is 36.3 Å². The van der Waals surface area contributed by atoms with Gasteiger partial charge in [0.1, 0.15) is 28.7 Å². The molecule has 0 saturated heterocycles. The van der Waals surface area contributed by atoms with Crippen LogP contribution in [0.25, 0.3) is 16.8 Å². The molecule has 5 rings (SSSR count). The highest BCUT2D eigenvalue weighted by Gasteiger charge is 2.45. The number of anilines is 2. The summed E-state index contributed by atoms with van der Waals surface area (Å²) in [5.41, 5.74) is 8.97. The number of hydrogen-bond donors (Lipinski definition) is 3. The average Bonchev–Trinajstić information content (AvgIpc) is 3.28. The Kier molecular flexibility index (Phi) is 5.94. The number of nitrogen functional groups attached to an aromatic ring is 1. The molecule has 4 aromatic rings. The maximum Gasteiger partial charge on any atom is 0.309 e. The Morgan fingerprint density at radius 3 is 2.38 bits per heavy atom. The number of carboxylic acid groups (broad SMARTS) is 1. The van der Waals surface area contributed by atoms with E-state index in [2.05, 4.69) is 22.2 Å². The molecule has 3 aromatic heterocycles. The lowest BCUT2D eigenvalue weighted by Crippen LogP contribution is -2.39. The molecule has 0 bridgehead atoms. The van der Waals surface area contributed by atoms with Crippen LogP contribution in [0.4, 0.5) is 11.6 Å². The SMILES string of the molecule is Cc1ccnc(NC(=O)c2ccc(-c3nc(C4(C)CCC(C)(C(=O)O)CC4)n4ccnc(N)c34)cc2)c1. The number of nitrogens with one attached hydrogen (secondary N) is 1. The summed E-state index contributed by atoms with van der Waals surface area (Å²) in [6.07, 6.45) is 7.70. The largest absolute Gasteiger partial charge is 0.481 e. The van der Waals surface area contributed by atoms with E-state index in [1.807, 2.05) is 48.7 Å². The molecule has 190 valence electrons. The highest BCUT2D eigenvalue weighted by atomic mass is 16.4. The number of aryl methyl sites for hydroxylation is 1. The highest BCUT2D eigenvalue weighted by Crippen LogP contribution is 2.47. The Balaban J connectivity index is 1.48. The summed E-state index contributed by atoms with van der Waals surface area (Å²) < 4.78 is 1.98. The fraction of sp³-hybridized carbons (Fsp3) is 0.321. The summed E-state index contributed by atoms with van der Waals surface area (Å²) in [4.78, 5) is 38.1. The van der Waals surface area contributed by atoms with Crippen LogP contribution in [-0.2, 0) is 10.2 Å². The van der Waals surface area contributed by atoms with Gasteiger partial charge in [-0.15, -0.1) is 0 Å². The first kappa shape index (κ1) is 24.4. The van der Waals surface area contributed by atoms with Crippen molar-refractivity contribution >= 4 is 29.0 Å². The molecular formula is C28H30N6O3. The zero-order chi connectivity index (χ0) is 26.4. The van der Waals surface area contributed by atoms with E-state index in [9.17, 15) is 14.7 Å². The number of fused-ring (bicyclic) bond motifs is 1. The minimum Gasteiger partial charge on any atom is -0.481 e. The van der Waals surface area contributed by atoms with Crippen LogP contribution in [0, 0.1) is 12.3 Å². The first-order valence-corrected chi connectivity index (χ1v) is 12.3. The zero-order valence-corrected chi connectivity index (χ0v) is 21.2. The molecule has 9 heteroatoms. The molecule has 1 aliphatic rings. The number of nitrogens with zero attached hydrogens (tertiary/aromatic N) is 4. The Morgan fingerprint density at radius 1 is 1.03 bits per heavy atom. The quantitative estimate of drug-likeness (QED) is 0.358. The van der Waals surface area contributed by atoms with Gasteiger partial charge in [-0.1, -0.05) is 19.1 Å². The van der Waals surface area contributed by atoms with Crippen molar-refractivity contribution in [1.29, 1.82) is 0 Å². The van der Waals surface area contributed by atoms with E-state index in [1.54, 1.807) is 24.5 Å². The van der Waals surface area contributed by atoms with Gasteiger partial charge in [-0.2, -0.15) is 0 Å². The lowest BCUT2D eigenvalue weighted by Gasteiger charge is -2.40. The maximum atomic E-state index is 12.8. The third-order valence-corrected chi connectivity index (χ3v) is 7.67. The molecule has 0 unspecified atom stereocenters. The smallest absolute Gasteiger partial charge is 0.309 e. The fourth-order valence-corrected chi connectivity index (χ4v) is 5.05. The summed E-state index contributed by atoms with van der Waals surface area (Å²) in [6.45, 7) is 5.89. The molecule has 3 heterocycles. The second-order valence-corrected chi connectivity index (χ2v) is 10.5. The van der Waals surface area contributed by atoms with Gasteiger partial charge in [-0.3, -0.25) is 14.0 Å². The topological polar surface area (TPSA) is 136 Å². The third-order valence-electron chi connectivity index (χ3n) is 7.67. The first-order chi connectivity index (χ1) is 17.6. The van der Waals surface area contributed by atoms with Crippen molar-refractivity contribution < 1.29 is 14.7 Å². The number of carboxylic acids is 1. The lowest BCUT2D eigenvalue weighted by atomic mass is 9.65. The van der Waals surface area contributed by atoms with Crippen LogP contribution >= 0.6 is 0 Å². The number of carbonyl (C=O) groups excluding carboxylic acids is 1. The van der Waals surface area contributed by atoms with Gasteiger partial charge in [0, 0.05) is 35.1 Å². The summed E-state index contributed by atoms with van der Waals surface area (Å²) in [5, 5.41) is 12.5. The number of imidazole rings is 1. The third kappa shape index (κ3) is 4.41. The normalized spacial score (nSPS) is 21.6. The standard InChI is InChI=1S/C28H30N6O3/c1-17-8-13-30-20(16-17)32-24(35)19-6-4-18(5-7-19)21-22-23(29)31-14-15-34(22)25(33-21)27(2)9-11-28(3,12-10-27)26(36)37/h4-8,13-16H,9-12H2,1-3H3,(H2,29,31)(H,36,37)(H,30,32,35). The molecule has 1 aromatic carbocycles. The lowest BCUT2D eigenvalue weighted by molar-refractivity contribution is -0.150. The van der Waals surface area contributed by atoms with Gasteiger partial charge in [-0.05, 0) is 69.4 Å². The number of amides is 1. The van der Waals surface area contributed by atoms with Crippen LogP contribution in [0.15, 0.2) is 55.0 Å². The Morgan fingerprint density at radius 2 is 1.73 bits per heavy atom. The summed E-state index contributed by atoms with van der Waals surface area (Å²) in [6, 6.07) is 10.9. The molecular weight excluding hydrogens is 468 g/mol. The molecule has 1 saturated carbocycles. The molecule has 1 amide bonds.